The highest BCUT2D eigenvalue weighted by molar-refractivity contribution is 5.50. The molecule has 102 valence electrons. The van der Waals surface area contributed by atoms with Crippen molar-refractivity contribution in [3.63, 3.8) is 0 Å². The zero-order valence-electron chi connectivity index (χ0n) is 11.1. The number of piperidine rings is 1. The molecule has 1 aliphatic rings. The minimum absolute atomic E-state index is 0.741. The van der Waals surface area contributed by atoms with Crippen LogP contribution in [-0.4, -0.2) is 52.1 Å². The highest BCUT2D eigenvalue weighted by Crippen LogP contribution is 2.21. The molecule has 0 atom stereocenters. The lowest BCUT2D eigenvalue weighted by Crippen LogP contribution is -2.37. The van der Waals surface area contributed by atoms with E-state index in [9.17, 15) is 0 Å². The Morgan fingerprint density at radius 3 is 2.89 bits per heavy atom. The van der Waals surface area contributed by atoms with E-state index in [-0.39, 0.29) is 0 Å². The summed E-state index contributed by atoms with van der Waals surface area (Å²) in [6.45, 7) is 3.14. The minimum atomic E-state index is 0.741. The molecule has 0 saturated carbocycles. The molecule has 0 bridgehead atoms. The van der Waals surface area contributed by atoms with Gasteiger partial charge in [-0.25, -0.2) is 0 Å². The third-order valence-corrected chi connectivity index (χ3v) is 3.62. The fourth-order valence-electron chi connectivity index (χ4n) is 2.53. The molecule has 0 unspecified atom stereocenters. The van der Waals surface area contributed by atoms with Gasteiger partial charge in [-0.05, 0) is 38.4 Å². The van der Waals surface area contributed by atoms with Gasteiger partial charge in [-0.2, -0.15) is 10.1 Å². The first-order chi connectivity index (χ1) is 9.36. The van der Waals surface area contributed by atoms with Crippen molar-refractivity contribution in [1.82, 2.24) is 30.7 Å². The van der Waals surface area contributed by atoms with Crippen LogP contribution in [0.4, 0.5) is 5.95 Å². The van der Waals surface area contributed by atoms with E-state index in [1.807, 2.05) is 13.1 Å². The van der Waals surface area contributed by atoms with Gasteiger partial charge in [-0.15, -0.1) is 5.10 Å². The molecule has 2 aromatic rings. The monoisotopic (exact) mass is 261 g/mol. The Balaban J connectivity index is 1.64. The van der Waals surface area contributed by atoms with Crippen LogP contribution in [0.5, 0.6) is 0 Å². The molecule has 0 spiro atoms. The maximum atomic E-state index is 4.52. The average molecular weight is 261 g/mol. The lowest BCUT2D eigenvalue weighted by atomic mass is 9.97. The Labute approximate surface area is 111 Å². The lowest BCUT2D eigenvalue weighted by molar-refractivity contribution is 0.391. The van der Waals surface area contributed by atoms with E-state index in [0.717, 1.165) is 43.0 Å². The molecule has 3 N–H and O–H groups in total. The van der Waals surface area contributed by atoms with Gasteiger partial charge in [-0.3, -0.25) is 10.2 Å². The summed E-state index contributed by atoms with van der Waals surface area (Å²) in [4.78, 5) is 6.76. The molecule has 3 heterocycles. The summed E-state index contributed by atoms with van der Waals surface area (Å²) in [5, 5.41) is 17.3. The first-order valence-electron chi connectivity index (χ1n) is 6.68. The molecular weight excluding hydrogens is 242 g/mol. The molecule has 0 radical (unpaired) electrons. The Hall–Kier alpha value is -1.89. The summed E-state index contributed by atoms with van der Waals surface area (Å²) in [6.07, 6.45) is 4.09. The first-order valence-corrected chi connectivity index (χ1v) is 6.68. The van der Waals surface area contributed by atoms with Crippen molar-refractivity contribution in [2.75, 3.05) is 31.6 Å². The molecule has 7 heteroatoms. The normalized spacial score (nSPS) is 17.0. The van der Waals surface area contributed by atoms with Crippen LogP contribution < -0.4 is 10.2 Å². The molecule has 3 rings (SSSR count). The van der Waals surface area contributed by atoms with Crippen molar-refractivity contribution >= 4 is 5.95 Å². The third-order valence-electron chi connectivity index (χ3n) is 3.62. The molecule has 0 aromatic carbocycles. The summed E-state index contributed by atoms with van der Waals surface area (Å²) in [5.74, 6) is 2.30. The summed E-state index contributed by atoms with van der Waals surface area (Å²) < 4.78 is 0. The number of H-pyrrole nitrogens is 2. The Kier molecular flexibility index (Phi) is 3.45. The van der Waals surface area contributed by atoms with Gasteiger partial charge in [0.15, 0.2) is 5.82 Å². The number of anilines is 1. The van der Waals surface area contributed by atoms with Crippen molar-refractivity contribution in [1.29, 1.82) is 0 Å². The average Bonchev–Trinajstić information content (AvgIpc) is 3.11. The Morgan fingerprint density at radius 2 is 2.21 bits per heavy atom. The maximum absolute atomic E-state index is 4.52. The predicted molar refractivity (Wildman–Crippen MR) is 72.8 cm³/mol. The topological polar surface area (TPSA) is 85.5 Å². The van der Waals surface area contributed by atoms with E-state index in [0.29, 0.717) is 0 Å². The molecule has 2 aromatic heterocycles. The van der Waals surface area contributed by atoms with E-state index in [1.165, 1.54) is 12.8 Å². The number of nitrogens with zero attached hydrogens (tertiary/aromatic N) is 4. The van der Waals surface area contributed by atoms with Gasteiger partial charge >= 0.3 is 0 Å². The van der Waals surface area contributed by atoms with E-state index in [2.05, 4.69) is 35.6 Å². The van der Waals surface area contributed by atoms with Gasteiger partial charge in [0.05, 0.1) is 0 Å². The smallest absolute Gasteiger partial charge is 0.245 e. The van der Waals surface area contributed by atoms with Gasteiger partial charge in [0.2, 0.25) is 5.95 Å². The molecule has 0 aliphatic carbocycles. The molecule has 19 heavy (non-hydrogen) atoms. The zero-order chi connectivity index (χ0) is 13.1. The molecular formula is C12H19N7. The van der Waals surface area contributed by atoms with Gasteiger partial charge in [-0.1, -0.05) is 0 Å². The summed E-state index contributed by atoms with van der Waals surface area (Å²) in [6, 6.07) is 1.88. The fraction of sp³-hybridized carbons (Fsp3) is 0.583. The zero-order valence-corrected chi connectivity index (χ0v) is 11.1. The van der Waals surface area contributed by atoms with Crippen molar-refractivity contribution < 1.29 is 0 Å². The minimum Gasteiger partial charge on any atom is -0.340 e. The lowest BCUT2D eigenvalue weighted by Gasteiger charge is -2.30. The van der Waals surface area contributed by atoms with Crippen LogP contribution in [0.2, 0.25) is 0 Å². The summed E-state index contributed by atoms with van der Waals surface area (Å²) in [7, 11) is 2.01. The molecule has 1 fully saturated rings. The summed E-state index contributed by atoms with van der Waals surface area (Å²) >= 11 is 0. The highest BCUT2D eigenvalue weighted by atomic mass is 15.4. The third kappa shape index (κ3) is 2.60. The maximum Gasteiger partial charge on any atom is 0.245 e. The second kappa shape index (κ2) is 5.40. The van der Waals surface area contributed by atoms with Crippen LogP contribution in [0.25, 0.3) is 11.5 Å². The van der Waals surface area contributed by atoms with Gasteiger partial charge in [0.25, 0.3) is 0 Å². The van der Waals surface area contributed by atoms with E-state index >= 15 is 0 Å². The van der Waals surface area contributed by atoms with Crippen LogP contribution in [0.3, 0.4) is 0 Å². The van der Waals surface area contributed by atoms with Crippen molar-refractivity contribution in [2.24, 2.45) is 5.92 Å². The first kappa shape index (κ1) is 12.2. The van der Waals surface area contributed by atoms with E-state index in [4.69, 9.17) is 0 Å². The molecule has 1 aliphatic heterocycles. The number of aromatic amines is 2. The predicted octanol–water partition coefficient (Wildman–Crippen LogP) is 0.631. The fourth-order valence-corrected chi connectivity index (χ4v) is 2.53. The number of aromatic nitrogens is 5. The molecule has 1 saturated heterocycles. The van der Waals surface area contributed by atoms with Crippen LogP contribution in [0.15, 0.2) is 12.3 Å². The van der Waals surface area contributed by atoms with Crippen molar-refractivity contribution in [2.45, 2.75) is 12.8 Å². The number of rotatable bonds is 4. The van der Waals surface area contributed by atoms with E-state index < -0.39 is 0 Å². The van der Waals surface area contributed by atoms with Crippen LogP contribution in [0.1, 0.15) is 12.8 Å². The van der Waals surface area contributed by atoms with Gasteiger partial charge in [0, 0.05) is 19.3 Å². The number of nitrogens with one attached hydrogen (secondary N) is 3. The quantitative estimate of drug-likeness (QED) is 0.751. The van der Waals surface area contributed by atoms with Gasteiger partial charge < -0.3 is 10.2 Å². The molecule has 0 amide bonds. The van der Waals surface area contributed by atoms with Crippen LogP contribution >= 0.6 is 0 Å². The van der Waals surface area contributed by atoms with Crippen LogP contribution in [0, 0.1) is 5.92 Å². The highest BCUT2D eigenvalue weighted by Gasteiger charge is 2.21. The van der Waals surface area contributed by atoms with Crippen molar-refractivity contribution in [3.05, 3.63) is 12.3 Å². The Bertz CT molecular complexity index is 496. The van der Waals surface area contributed by atoms with E-state index in [1.54, 1.807) is 6.20 Å². The summed E-state index contributed by atoms with van der Waals surface area (Å²) in [5.41, 5.74) is 0.865. The number of hydrogen-bond acceptors (Lipinski definition) is 5. The largest absolute Gasteiger partial charge is 0.340 e. The number of hydrogen-bond donors (Lipinski definition) is 3. The van der Waals surface area contributed by atoms with Gasteiger partial charge in [0.1, 0.15) is 5.69 Å². The van der Waals surface area contributed by atoms with Crippen LogP contribution in [-0.2, 0) is 0 Å². The molecule has 7 nitrogen and oxygen atoms in total. The Morgan fingerprint density at radius 1 is 1.37 bits per heavy atom. The SMILES string of the molecule is CNCC1CCN(c2n[nH]c(-c3ccn[nH]3)n2)CC1. The second-order valence-corrected chi connectivity index (χ2v) is 4.94. The second-order valence-electron chi connectivity index (χ2n) is 4.94. The standard InChI is InChI=1S/C12H19N7/c1-13-8-9-3-6-19(7-4-9)12-15-11(17-18-12)10-2-5-14-16-10/h2,5,9,13H,3-4,6-8H2,1H3,(H,14,16)(H,15,17,18). The van der Waals surface area contributed by atoms with Crippen molar-refractivity contribution in [3.8, 4) is 11.5 Å².